The zero-order valence-corrected chi connectivity index (χ0v) is 9.99. The third-order valence-corrected chi connectivity index (χ3v) is 4.20. The number of nitro groups is 1. The highest BCUT2D eigenvalue weighted by molar-refractivity contribution is 7.12. The van der Waals surface area contributed by atoms with Gasteiger partial charge < -0.3 is 0 Å². The molecule has 86 valence electrons. The van der Waals surface area contributed by atoms with Gasteiger partial charge >= 0.3 is 0 Å². The summed E-state index contributed by atoms with van der Waals surface area (Å²) in [6, 6.07) is 1.39. The van der Waals surface area contributed by atoms with Crippen molar-refractivity contribution in [3.8, 4) is 0 Å². The van der Waals surface area contributed by atoms with Crippen LogP contribution in [0.3, 0.4) is 0 Å². The van der Waals surface area contributed by atoms with E-state index < -0.39 is 4.92 Å². The summed E-state index contributed by atoms with van der Waals surface area (Å²) >= 11 is 1.17. The van der Waals surface area contributed by atoms with E-state index in [0.717, 1.165) is 6.42 Å². The third kappa shape index (κ3) is 2.00. The molecular formula is C11H13NO3S. The Balaban J connectivity index is 2.11. The lowest BCUT2D eigenvalue weighted by molar-refractivity contribution is -0.384. The summed E-state index contributed by atoms with van der Waals surface area (Å²) < 4.78 is 0. The maximum absolute atomic E-state index is 12.0. The predicted molar refractivity (Wildman–Crippen MR) is 61.7 cm³/mol. The normalized spacial score (nSPS) is 25.1. The number of ketones is 1. The van der Waals surface area contributed by atoms with Crippen LogP contribution < -0.4 is 0 Å². The first-order valence-electron chi connectivity index (χ1n) is 5.28. The summed E-state index contributed by atoms with van der Waals surface area (Å²) in [6.45, 7) is 4.05. The highest BCUT2D eigenvalue weighted by atomic mass is 32.1. The first-order chi connectivity index (χ1) is 7.50. The van der Waals surface area contributed by atoms with Gasteiger partial charge in [0.05, 0.1) is 15.2 Å². The van der Waals surface area contributed by atoms with Crippen molar-refractivity contribution in [1.29, 1.82) is 0 Å². The van der Waals surface area contributed by atoms with Crippen LogP contribution in [0, 0.1) is 27.9 Å². The number of rotatable bonds is 4. The van der Waals surface area contributed by atoms with E-state index in [1.165, 1.54) is 22.8 Å². The lowest BCUT2D eigenvalue weighted by atomic mass is 9.98. The molecule has 1 aromatic rings. The van der Waals surface area contributed by atoms with Gasteiger partial charge in [0.25, 0.3) is 5.69 Å². The third-order valence-electron chi connectivity index (χ3n) is 3.27. The highest BCUT2D eigenvalue weighted by Gasteiger charge is 2.40. The van der Waals surface area contributed by atoms with E-state index in [0.29, 0.717) is 16.7 Å². The molecule has 0 saturated heterocycles. The standard InChI is InChI=1S/C11H13NO3S/c1-6-3-9(6)7(2)11(13)10-4-8(5-16-10)12(14)15/h4-7,9H,3H2,1-2H3/t6?,7?,9-/m0/s1. The number of nitrogens with zero attached hydrogens (tertiary/aromatic N) is 1. The molecule has 1 aromatic heterocycles. The molecular weight excluding hydrogens is 226 g/mol. The second-order valence-corrected chi connectivity index (χ2v) is 5.37. The minimum absolute atomic E-state index is 0.00625. The Kier molecular flexibility index (Phi) is 2.80. The second-order valence-electron chi connectivity index (χ2n) is 4.46. The Morgan fingerprint density at radius 3 is 2.75 bits per heavy atom. The predicted octanol–water partition coefficient (Wildman–Crippen LogP) is 3.13. The quantitative estimate of drug-likeness (QED) is 0.460. The first-order valence-corrected chi connectivity index (χ1v) is 6.15. The maximum Gasteiger partial charge on any atom is 0.280 e. The average Bonchev–Trinajstić information content (AvgIpc) is 2.80. The summed E-state index contributed by atoms with van der Waals surface area (Å²) in [5.74, 6) is 1.13. The molecule has 0 aromatic carbocycles. The summed E-state index contributed by atoms with van der Waals surface area (Å²) in [5, 5.41) is 11.9. The van der Waals surface area contributed by atoms with Gasteiger partial charge in [0.1, 0.15) is 0 Å². The van der Waals surface area contributed by atoms with Crippen LogP contribution in [0.25, 0.3) is 0 Å². The van der Waals surface area contributed by atoms with Crippen molar-refractivity contribution in [2.75, 3.05) is 0 Å². The molecule has 3 atom stereocenters. The van der Waals surface area contributed by atoms with Gasteiger partial charge in [-0.1, -0.05) is 13.8 Å². The molecule has 0 bridgehead atoms. The molecule has 0 spiro atoms. The molecule has 2 unspecified atom stereocenters. The van der Waals surface area contributed by atoms with Gasteiger partial charge in [-0.15, -0.1) is 11.3 Å². The van der Waals surface area contributed by atoms with Gasteiger partial charge in [-0.2, -0.15) is 0 Å². The number of carbonyl (C=O) groups excluding carboxylic acids is 1. The molecule has 2 rings (SSSR count). The molecule has 16 heavy (non-hydrogen) atoms. The van der Waals surface area contributed by atoms with Crippen molar-refractivity contribution in [3.63, 3.8) is 0 Å². The van der Waals surface area contributed by atoms with Crippen LogP contribution in [0.5, 0.6) is 0 Å². The van der Waals surface area contributed by atoms with Crippen LogP contribution >= 0.6 is 11.3 Å². The second kappa shape index (κ2) is 3.97. The van der Waals surface area contributed by atoms with Crippen molar-refractivity contribution in [2.24, 2.45) is 17.8 Å². The number of hydrogen-bond acceptors (Lipinski definition) is 4. The van der Waals surface area contributed by atoms with Crippen LogP contribution in [-0.2, 0) is 0 Å². The van der Waals surface area contributed by atoms with E-state index in [1.54, 1.807) is 0 Å². The van der Waals surface area contributed by atoms with Gasteiger partial charge in [0, 0.05) is 12.0 Å². The SMILES string of the molecule is CC1C[C@@H]1C(C)C(=O)c1cc([N+](=O)[O-])cs1. The van der Waals surface area contributed by atoms with Crippen LogP contribution in [0.2, 0.25) is 0 Å². The van der Waals surface area contributed by atoms with Crippen molar-refractivity contribution < 1.29 is 9.72 Å². The number of carbonyl (C=O) groups is 1. The van der Waals surface area contributed by atoms with Gasteiger partial charge in [-0.3, -0.25) is 14.9 Å². The van der Waals surface area contributed by atoms with E-state index in [1.807, 2.05) is 6.92 Å². The van der Waals surface area contributed by atoms with Gasteiger partial charge in [-0.25, -0.2) is 0 Å². The lowest BCUT2D eigenvalue weighted by Gasteiger charge is -2.06. The largest absolute Gasteiger partial charge is 0.293 e. The lowest BCUT2D eigenvalue weighted by Crippen LogP contribution is -2.12. The van der Waals surface area contributed by atoms with Crippen LogP contribution in [-0.4, -0.2) is 10.7 Å². The van der Waals surface area contributed by atoms with E-state index in [-0.39, 0.29) is 17.4 Å². The van der Waals surface area contributed by atoms with Crippen molar-refractivity contribution in [1.82, 2.24) is 0 Å². The number of thiophene rings is 1. The van der Waals surface area contributed by atoms with Crippen LogP contribution in [0.4, 0.5) is 5.69 Å². The molecule has 1 heterocycles. The van der Waals surface area contributed by atoms with E-state index in [9.17, 15) is 14.9 Å². The fourth-order valence-electron chi connectivity index (χ4n) is 2.02. The molecule has 1 saturated carbocycles. The summed E-state index contributed by atoms with van der Waals surface area (Å²) in [6.07, 6.45) is 1.10. The zero-order chi connectivity index (χ0) is 11.9. The fraction of sp³-hybridized carbons (Fsp3) is 0.545. The average molecular weight is 239 g/mol. The summed E-state index contributed by atoms with van der Waals surface area (Å²) in [7, 11) is 0. The molecule has 0 amide bonds. The molecule has 0 radical (unpaired) electrons. The number of hydrogen-bond donors (Lipinski definition) is 0. The van der Waals surface area contributed by atoms with Gasteiger partial charge in [-0.05, 0) is 18.3 Å². The molecule has 4 nitrogen and oxygen atoms in total. The minimum Gasteiger partial charge on any atom is -0.293 e. The van der Waals surface area contributed by atoms with E-state index >= 15 is 0 Å². The first kappa shape index (κ1) is 11.3. The monoisotopic (exact) mass is 239 g/mol. The molecule has 0 N–H and O–H groups in total. The van der Waals surface area contributed by atoms with Crippen LogP contribution in [0.15, 0.2) is 11.4 Å². The van der Waals surface area contributed by atoms with Gasteiger partial charge in [0.2, 0.25) is 0 Å². The molecule has 0 aliphatic heterocycles. The molecule has 1 aliphatic carbocycles. The van der Waals surface area contributed by atoms with E-state index in [2.05, 4.69) is 6.92 Å². The summed E-state index contributed by atoms with van der Waals surface area (Å²) in [4.78, 5) is 22.6. The van der Waals surface area contributed by atoms with Crippen LogP contribution in [0.1, 0.15) is 29.9 Å². The van der Waals surface area contributed by atoms with Crippen molar-refractivity contribution >= 4 is 22.8 Å². The minimum atomic E-state index is -0.461. The smallest absolute Gasteiger partial charge is 0.280 e. The molecule has 1 aliphatic rings. The van der Waals surface area contributed by atoms with Crippen molar-refractivity contribution in [3.05, 3.63) is 26.4 Å². The Labute approximate surface area is 97.4 Å². The Bertz CT molecular complexity index is 440. The number of Topliss-reactive ketones (excluding diaryl/α,β-unsaturated/α-hetero) is 1. The van der Waals surface area contributed by atoms with E-state index in [4.69, 9.17) is 0 Å². The Morgan fingerprint density at radius 1 is 1.69 bits per heavy atom. The molecule has 1 fully saturated rings. The van der Waals surface area contributed by atoms with Gasteiger partial charge in [0.15, 0.2) is 5.78 Å². The summed E-state index contributed by atoms with van der Waals surface area (Å²) in [5.41, 5.74) is 0.0180. The zero-order valence-electron chi connectivity index (χ0n) is 9.17. The topological polar surface area (TPSA) is 60.2 Å². The Morgan fingerprint density at radius 2 is 2.31 bits per heavy atom. The van der Waals surface area contributed by atoms with Crippen molar-refractivity contribution in [2.45, 2.75) is 20.3 Å². The highest BCUT2D eigenvalue weighted by Crippen LogP contribution is 2.45. The maximum atomic E-state index is 12.0. The Hall–Kier alpha value is -1.23. The molecule has 5 heteroatoms. The fourth-order valence-corrected chi connectivity index (χ4v) is 2.91.